The number of amides is 1. The predicted octanol–water partition coefficient (Wildman–Crippen LogP) is 3.01. The smallest absolute Gasteiger partial charge is 0.342 e. The molecule has 1 aromatic heterocycles. The summed E-state index contributed by atoms with van der Waals surface area (Å²) in [5, 5.41) is 7.28. The Kier molecular flexibility index (Phi) is 6.18. The summed E-state index contributed by atoms with van der Waals surface area (Å²) in [5.74, 6) is -0.832. The van der Waals surface area contributed by atoms with Crippen LogP contribution in [0.1, 0.15) is 54.5 Å². The Morgan fingerprint density at radius 1 is 1.19 bits per heavy atom. The van der Waals surface area contributed by atoms with Crippen molar-refractivity contribution >= 4 is 11.9 Å². The van der Waals surface area contributed by atoms with Gasteiger partial charge >= 0.3 is 5.97 Å². The van der Waals surface area contributed by atoms with E-state index in [-0.39, 0.29) is 18.1 Å². The molecule has 6 heteroatoms. The van der Waals surface area contributed by atoms with Gasteiger partial charge in [0.1, 0.15) is 5.56 Å². The fourth-order valence-electron chi connectivity index (χ4n) is 2.61. The van der Waals surface area contributed by atoms with Crippen molar-refractivity contribution in [3.05, 3.63) is 52.8 Å². The summed E-state index contributed by atoms with van der Waals surface area (Å²) in [6, 6.07) is 9.90. The molecule has 1 aromatic carbocycles. The van der Waals surface area contributed by atoms with Gasteiger partial charge in [-0.05, 0) is 39.7 Å². The Balaban J connectivity index is 2.04. The molecule has 0 saturated heterocycles. The van der Waals surface area contributed by atoms with Crippen LogP contribution in [0.5, 0.6) is 0 Å². The molecular formula is C20H27N3O3. The minimum Gasteiger partial charge on any atom is -0.452 e. The third kappa shape index (κ3) is 4.94. The number of nitrogens with one attached hydrogen (secondary N) is 1. The van der Waals surface area contributed by atoms with Gasteiger partial charge in [-0.1, -0.05) is 37.3 Å². The van der Waals surface area contributed by atoms with Gasteiger partial charge in [0, 0.05) is 5.54 Å². The molecule has 0 aliphatic heterocycles. The van der Waals surface area contributed by atoms with E-state index in [4.69, 9.17) is 4.74 Å². The zero-order valence-corrected chi connectivity index (χ0v) is 16.1. The number of rotatable bonds is 7. The van der Waals surface area contributed by atoms with Crippen LogP contribution in [0.2, 0.25) is 0 Å². The normalized spacial score (nSPS) is 11.3. The summed E-state index contributed by atoms with van der Waals surface area (Å²) in [7, 11) is 0. The maximum absolute atomic E-state index is 12.4. The quantitative estimate of drug-likeness (QED) is 0.773. The molecule has 0 unspecified atom stereocenters. The average molecular weight is 357 g/mol. The lowest BCUT2D eigenvalue weighted by Crippen LogP contribution is -2.44. The van der Waals surface area contributed by atoms with Crippen LogP contribution in [0.4, 0.5) is 0 Å². The Labute approximate surface area is 154 Å². The highest BCUT2D eigenvalue weighted by Crippen LogP contribution is 2.16. The summed E-state index contributed by atoms with van der Waals surface area (Å²) in [6.45, 7) is 9.71. The highest BCUT2D eigenvalue weighted by atomic mass is 16.5. The summed E-state index contributed by atoms with van der Waals surface area (Å²) < 4.78 is 6.98. The number of nitrogens with zero attached hydrogens (tertiary/aromatic N) is 2. The molecule has 26 heavy (non-hydrogen) atoms. The van der Waals surface area contributed by atoms with E-state index in [1.165, 1.54) is 0 Å². The second-order valence-corrected chi connectivity index (χ2v) is 7.05. The van der Waals surface area contributed by atoms with Crippen molar-refractivity contribution in [2.24, 2.45) is 0 Å². The minimum atomic E-state index is -0.524. The van der Waals surface area contributed by atoms with E-state index in [9.17, 15) is 9.59 Å². The van der Waals surface area contributed by atoms with Gasteiger partial charge in [0.25, 0.3) is 5.91 Å². The number of benzene rings is 1. The van der Waals surface area contributed by atoms with E-state index in [0.717, 1.165) is 17.7 Å². The second-order valence-electron chi connectivity index (χ2n) is 7.05. The van der Waals surface area contributed by atoms with Crippen LogP contribution in [0.15, 0.2) is 30.3 Å². The number of hydrogen-bond acceptors (Lipinski definition) is 4. The van der Waals surface area contributed by atoms with E-state index in [2.05, 4.69) is 10.4 Å². The van der Waals surface area contributed by atoms with Gasteiger partial charge in [0.05, 0.1) is 17.9 Å². The van der Waals surface area contributed by atoms with E-state index in [1.54, 1.807) is 11.6 Å². The third-order valence-corrected chi connectivity index (χ3v) is 4.46. The molecule has 0 bridgehead atoms. The van der Waals surface area contributed by atoms with Crippen LogP contribution in [0, 0.1) is 13.8 Å². The van der Waals surface area contributed by atoms with Crippen molar-refractivity contribution in [3.63, 3.8) is 0 Å². The van der Waals surface area contributed by atoms with Crippen LogP contribution >= 0.6 is 0 Å². The molecule has 0 aliphatic carbocycles. The van der Waals surface area contributed by atoms with Crippen molar-refractivity contribution in [2.75, 3.05) is 6.61 Å². The molecule has 0 spiro atoms. The monoisotopic (exact) mass is 357 g/mol. The molecule has 0 aliphatic rings. The molecule has 140 valence electrons. The van der Waals surface area contributed by atoms with Crippen molar-refractivity contribution < 1.29 is 14.3 Å². The van der Waals surface area contributed by atoms with Crippen molar-refractivity contribution in [3.8, 4) is 0 Å². The van der Waals surface area contributed by atoms with Gasteiger partial charge < -0.3 is 10.1 Å². The number of ether oxygens (including phenoxy) is 1. The summed E-state index contributed by atoms with van der Waals surface area (Å²) >= 11 is 0. The Hall–Kier alpha value is -2.63. The molecule has 1 N–H and O–H groups in total. The Morgan fingerprint density at radius 3 is 2.46 bits per heavy atom. The maximum Gasteiger partial charge on any atom is 0.342 e. The van der Waals surface area contributed by atoms with Gasteiger partial charge in [-0.2, -0.15) is 5.10 Å². The van der Waals surface area contributed by atoms with Crippen LogP contribution in [0.25, 0.3) is 0 Å². The van der Waals surface area contributed by atoms with Gasteiger partial charge in [-0.3, -0.25) is 9.48 Å². The number of aryl methyl sites for hydroxylation is 1. The van der Waals surface area contributed by atoms with Crippen molar-refractivity contribution in [1.82, 2.24) is 15.1 Å². The molecule has 0 radical (unpaired) electrons. The number of carbonyl (C=O) groups is 2. The highest BCUT2D eigenvalue weighted by Gasteiger charge is 2.23. The largest absolute Gasteiger partial charge is 0.452 e. The Bertz CT molecular complexity index is 779. The topological polar surface area (TPSA) is 73.2 Å². The zero-order chi connectivity index (χ0) is 19.3. The molecule has 0 atom stereocenters. The first-order valence-electron chi connectivity index (χ1n) is 8.79. The summed E-state index contributed by atoms with van der Waals surface area (Å²) in [6.07, 6.45) is 0.789. The minimum absolute atomic E-state index is 0.301. The summed E-state index contributed by atoms with van der Waals surface area (Å²) in [5.41, 5.74) is 2.52. The highest BCUT2D eigenvalue weighted by molar-refractivity contribution is 5.93. The molecule has 2 aromatic rings. The fraction of sp³-hybridized carbons (Fsp3) is 0.450. The summed E-state index contributed by atoms with van der Waals surface area (Å²) in [4.78, 5) is 24.4. The lowest BCUT2D eigenvalue weighted by molar-refractivity contribution is -0.125. The number of hydrogen-bond donors (Lipinski definition) is 1. The maximum atomic E-state index is 12.4. The number of esters is 1. The number of aromatic nitrogens is 2. The van der Waals surface area contributed by atoms with E-state index >= 15 is 0 Å². The van der Waals surface area contributed by atoms with Gasteiger partial charge in [0.15, 0.2) is 6.61 Å². The first-order valence-corrected chi connectivity index (χ1v) is 8.79. The van der Waals surface area contributed by atoms with Crippen LogP contribution in [0.3, 0.4) is 0 Å². The zero-order valence-electron chi connectivity index (χ0n) is 16.1. The first-order chi connectivity index (χ1) is 12.2. The SMILES string of the molecule is CCC(C)(C)NC(=O)COC(=O)c1c(C)nn(Cc2ccccc2)c1C. The average Bonchev–Trinajstić information content (AvgIpc) is 2.87. The van der Waals surface area contributed by atoms with E-state index in [1.807, 2.05) is 58.0 Å². The predicted molar refractivity (Wildman–Crippen MR) is 100 cm³/mol. The van der Waals surface area contributed by atoms with Crippen LogP contribution < -0.4 is 5.32 Å². The lowest BCUT2D eigenvalue weighted by Gasteiger charge is -2.24. The standard InChI is InChI=1S/C20H27N3O3/c1-6-20(4,5)21-17(24)13-26-19(25)18-14(2)22-23(15(18)3)12-16-10-8-7-9-11-16/h7-11H,6,12-13H2,1-5H3,(H,21,24). The van der Waals surface area contributed by atoms with Crippen molar-refractivity contribution in [2.45, 2.75) is 53.1 Å². The Morgan fingerprint density at radius 2 is 1.85 bits per heavy atom. The first kappa shape index (κ1) is 19.7. The van der Waals surface area contributed by atoms with E-state index in [0.29, 0.717) is 17.8 Å². The molecule has 1 amide bonds. The van der Waals surface area contributed by atoms with Gasteiger partial charge in [0.2, 0.25) is 0 Å². The van der Waals surface area contributed by atoms with Crippen molar-refractivity contribution in [1.29, 1.82) is 0 Å². The number of carbonyl (C=O) groups excluding carboxylic acids is 2. The molecular weight excluding hydrogens is 330 g/mol. The lowest BCUT2D eigenvalue weighted by atomic mass is 10.0. The van der Waals surface area contributed by atoms with Crippen LogP contribution in [-0.4, -0.2) is 33.8 Å². The van der Waals surface area contributed by atoms with Crippen LogP contribution in [-0.2, 0) is 16.1 Å². The van der Waals surface area contributed by atoms with Gasteiger partial charge in [-0.25, -0.2) is 4.79 Å². The molecule has 1 heterocycles. The molecule has 6 nitrogen and oxygen atoms in total. The molecule has 0 fully saturated rings. The molecule has 0 saturated carbocycles. The van der Waals surface area contributed by atoms with Gasteiger partial charge in [-0.15, -0.1) is 0 Å². The third-order valence-electron chi connectivity index (χ3n) is 4.46. The van der Waals surface area contributed by atoms with E-state index < -0.39 is 5.97 Å². The molecule has 2 rings (SSSR count). The second kappa shape index (κ2) is 8.17. The fourth-order valence-corrected chi connectivity index (χ4v) is 2.61.